The van der Waals surface area contributed by atoms with Gasteiger partial charge in [-0.3, -0.25) is 9.59 Å². The van der Waals surface area contributed by atoms with E-state index in [0.717, 1.165) is 67.2 Å². The van der Waals surface area contributed by atoms with Crippen LogP contribution in [-0.2, 0) is 19.0 Å². The number of aliphatic carboxylic acids is 1. The zero-order valence-corrected chi connectivity index (χ0v) is 24.1. The van der Waals surface area contributed by atoms with Crippen molar-refractivity contribution in [2.45, 2.75) is 76.5 Å². The van der Waals surface area contributed by atoms with Gasteiger partial charge in [0.25, 0.3) is 5.91 Å². The molecular weight excluding hydrogens is 520 g/mol. The number of anilines is 1. The van der Waals surface area contributed by atoms with Crippen LogP contribution in [-0.4, -0.2) is 66.9 Å². The van der Waals surface area contributed by atoms with Crippen LogP contribution in [0.25, 0.3) is 0 Å². The summed E-state index contributed by atoms with van der Waals surface area (Å²) in [6.07, 6.45) is 16.1. The third kappa shape index (κ3) is 7.29. The number of fused-ring (bicyclic) bond motifs is 1. The maximum absolute atomic E-state index is 12.8. The summed E-state index contributed by atoms with van der Waals surface area (Å²) in [6, 6.07) is 7.44. The Balaban J connectivity index is 1.34. The Morgan fingerprint density at radius 1 is 1.10 bits per heavy atom. The van der Waals surface area contributed by atoms with Gasteiger partial charge in [0.05, 0.1) is 18.6 Å². The molecule has 220 valence electrons. The SMILES string of the molecule is CC1=C(C(Nc2ccc(C(=O)N(C)CCC(=O)O)cc2)C2CCCCC2)OC2=CC=CC(OC3CCOCC3)C2=C1. The Labute approximate surface area is 242 Å². The molecule has 2 N–H and O–H groups in total. The summed E-state index contributed by atoms with van der Waals surface area (Å²) in [5.74, 6) is 1.11. The molecule has 1 saturated carbocycles. The van der Waals surface area contributed by atoms with Crippen LogP contribution in [0, 0.1) is 5.92 Å². The Bertz CT molecular complexity index is 1220. The quantitative estimate of drug-likeness (QED) is 0.370. The highest BCUT2D eigenvalue weighted by atomic mass is 16.5. The Hall–Kier alpha value is -3.36. The molecule has 41 heavy (non-hydrogen) atoms. The van der Waals surface area contributed by atoms with Gasteiger partial charge in [-0.2, -0.15) is 0 Å². The van der Waals surface area contributed by atoms with E-state index in [2.05, 4.69) is 24.4 Å². The van der Waals surface area contributed by atoms with Crippen molar-refractivity contribution in [1.29, 1.82) is 0 Å². The number of carboxylic acids is 1. The number of rotatable bonds is 10. The summed E-state index contributed by atoms with van der Waals surface area (Å²) in [5.41, 5.74) is 3.62. The minimum absolute atomic E-state index is 0.00504. The number of allylic oxidation sites excluding steroid dienone is 4. The smallest absolute Gasteiger partial charge is 0.305 e. The van der Waals surface area contributed by atoms with Crippen molar-refractivity contribution in [2.75, 3.05) is 32.1 Å². The van der Waals surface area contributed by atoms with E-state index >= 15 is 0 Å². The summed E-state index contributed by atoms with van der Waals surface area (Å²) in [5, 5.41) is 12.7. The number of nitrogens with one attached hydrogen (secondary N) is 1. The second-order valence-corrected chi connectivity index (χ2v) is 11.5. The highest BCUT2D eigenvalue weighted by molar-refractivity contribution is 5.94. The second-order valence-electron chi connectivity index (χ2n) is 11.5. The fourth-order valence-corrected chi connectivity index (χ4v) is 6.12. The van der Waals surface area contributed by atoms with Crippen LogP contribution in [0.1, 0.15) is 68.6 Å². The molecule has 0 aromatic heterocycles. The van der Waals surface area contributed by atoms with E-state index in [1.54, 1.807) is 19.2 Å². The van der Waals surface area contributed by atoms with Crippen LogP contribution in [0.5, 0.6) is 0 Å². The number of carbonyl (C=O) groups is 2. The van der Waals surface area contributed by atoms with E-state index in [1.165, 1.54) is 24.2 Å². The maximum Gasteiger partial charge on any atom is 0.305 e. The lowest BCUT2D eigenvalue weighted by Gasteiger charge is -2.37. The molecule has 1 saturated heterocycles. The number of carboxylic acid groups (broad SMARTS) is 1. The first kappa shape index (κ1) is 29.1. The number of nitrogens with zero attached hydrogens (tertiary/aromatic N) is 1. The lowest BCUT2D eigenvalue weighted by molar-refractivity contribution is -0.137. The van der Waals surface area contributed by atoms with Crippen molar-refractivity contribution in [3.05, 3.63) is 76.8 Å². The third-order valence-electron chi connectivity index (χ3n) is 8.48. The van der Waals surface area contributed by atoms with Gasteiger partial charge in [-0.05, 0) is 80.5 Å². The molecule has 1 amide bonds. The third-order valence-corrected chi connectivity index (χ3v) is 8.48. The van der Waals surface area contributed by atoms with Crippen molar-refractivity contribution in [2.24, 2.45) is 5.92 Å². The van der Waals surface area contributed by atoms with Gasteiger partial charge in [-0.15, -0.1) is 0 Å². The normalized spacial score (nSPS) is 22.2. The standard InChI is InChI=1S/C33H42N2O6/c1-22-21-27-28(40-26-16-19-39-20-17-26)9-6-10-29(27)41-32(22)31(23-7-4-3-5-8-23)34-25-13-11-24(12-14-25)33(38)35(2)18-15-30(36)37/h6,9-14,21,23,26,28,31,34H,3-5,7-8,15-20H2,1-2H3,(H,36,37). The fourth-order valence-electron chi connectivity index (χ4n) is 6.12. The van der Waals surface area contributed by atoms with Crippen molar-refractivity contribution in [3.8, 4) is 0 Å². The van der Waals surface area contributed by atoms with Crippen LogP contribution in [0.4, 0.5) is 5.69 Å². The van der Waals surface area contributed by atoms with Gasteiger partial charge < -0.3 is 29.5 Å². The number of hydrogen-bond donors (Lipinski definition) is 2. The van der Waals surface area contributed by atoms with Gasteiger partial charge in [-0.25, -0.2) is 0 Å². The molecule has 5 rings (SSSR count). The topological polar surface area (TPSA) is 97.3 Å². The monoisotopic (exact) mass is 562 g/mol. The first-order valence-electron chi connectivity index (χ1n) is 14.9. The highest BCUT2D eigenvalue weighted by Crippen LogP contribution is 2.39. The van der Waals surface area contributed by atoms with Crippen molar-refractivity contribution in [3.63, 3.8) is 0 Å². The van der Waals surface area contributed by atoms with Gasteiger partial charge in [0.15, 0.2) is 0 Å². The minimum atomic E-state index is -0.920. The maximum atomic E-state index is 12.8. The zero-order valence-electron chi connectivity index (χ0n) is 24.1. The zero-order chi connectivity index (χ0) is 28.8. The second kappa shape index (κ2) is 13.5. The van der Waals surface area contributed by atoms with Crippen LogP contribution < -0.4 is 5.32 Å². The fraction of sp³-hybridized carbons (Fsp3) is 0.515. The first-order chi connectivity index (χ1) is 19.9. The van der Waals surface area contributed by atoms with Crippen molar-refractivity contribution >= 4 is 17.6 Å². The molecule has 8 heteroatoms. The van der Waals surface area contributed by atoms with Crippen LogP contribution in [0.3, 0.4) is 0 Å². The molecule has 2 aliphatic heterocycles. The van der Waals surface area contributed by atoms with Gasteiger partial charge in [0.2, 0.25) is 0 Å². The molecule has 8 nitrogen and oxygen atoms in total. The van der Waals surface area contributed by atoms with Crippen molar-refractivity contribution < 1.29 is 28.9 Å². The molecule has 2 unspecified atom stereocenters. The Kier molecular flexibility index (Phi) is 9.62. The highest BCUT2D eigenvalue weighted by Gasteiger charge is 2.34. The molecule has 0 bridgehead atoms. The lowest BCUT2D eigenvalue weighted by atomic mass is 9.81. The molecule has 2 heterocycles. The van der Waals surface area contributed by atoms with Gasteiger partial charge in [0, 0.05) is 43.6 Å². The molecule has 4 aliphatic rings. The summed E-state index contributed by atoms with van der Waals surface area (Å²) >= 11 is 0. The first-order valence-corrected chi connectivity index (χ1v) is 14.9. The average molecular weight is 563 g/mol. The van der Waals surface area contributed by atoms with Gasteiger partial charge in [0.1, 0.15) is 17.6 Å². The molecule has 1 aromatic carbocycles. The van der Waals surface area contributed by atoms with Gasteiger partial charge in [-0.1, -0.05) is 31.4 Å². The predicted octanol–water partition coefficient (Wildman–Crippen LogP) is 5.84. The summed E-state index contributed by atoms with van der Waals surface area (Å²) in [4.78, 5) is 25.1. The van der Waals surface area contributed by atoms with Crippen molar-refractivity contribution in [1.82, 2.24) is 4.90 Å². The molecule has 2 atom stereocenters. The predicted molar refractivity (Wildman–Crippen MR) is 157 cm³/mol. The van der Waals surface area contributed by atoms with Crippen LogP contribution >= 0.6 is 0 Å². The average Bonchev–Trinajstić information content (AvgIpc) is 3.00. The number of amides is 1. The number of carbonyl (C=O) groups excluding carboxylic acids is 1. The number of ether oxygens (including phenoxy) is 3. The number of hydrogen-bond acceptors (Lipinski definition) is 6. The van der Waals surface area contributed by atoms with E-state index in [-0.39, 0.29) is 37.1 Å². The van der Waals surface area contributed by atoms with E-state index in [4.69, 9.17) is 19.3 Å². The molecule has 0 spiro atoms. The summed E-state index contributed by atoms with van der Waals surface area (Å²) in [7, 11) is 1.63. The Morgan fingerprint density at radius 3 is 2.54 bits per heavy atom. The lowest BCUT2D eigenvalue weighted by Crippen LogP contribution is -2.36. The van der Waals surface area contributed by atoms with E-state index in [0.29, 0.717) is 11.5 Å². The summed E-state index contributed by atoms with van der Waals surface area (Å²) in [6.45, 7) is 3.78. The van der Waals surface area contributed by atoms with E-state index in [9.17, 15) is 9.59 Å². The van der Waals surface area contributed by atoms with E-state index in [1.807, 2.05) is 24.3 Å². The molecule has 2 aliphatic carbocycles. The number of benzene rings is 1. The van der Waals surface area contributed by atoms with E-state index < -0.39 is 5.97 Å². The molecule has 1 aromatic rings. The summed E-state index contributed by atoms with van der Waals surface area (Å²) < 4.78 is 18.7. The largest absolute Gasteiger partial charge is 0.481 e. The molecular formula is C33H42N2O6. The molecule has 2 fully saturated rings. The minimum Gasteiger partial charge on any atom is -0.481 e. The molecule has 0 radical (unpaired) electrons. The Morgan fingerprint density at radius 2 is 1.83 bits per heavy atom. The van der Waals surface area contributed by atoms with Crippen LogP contribution in [0.15, 0.2) is 71.2 Å². The van der Waals surface area contributed by atoms with Gasteiger partial charge >= 0.3 is 5.97 Å². The van der Waals surface area contributed by atoms with Crippen LogP contribution in [0.2, 0.25) is 0 Å².